The van der Waals surface area contributed by atoms with Crippen molar-refractivity contribution in [1.82, 2.24) is 10.2 Å². The van der Waals surface area contributed by atoms with Crippen LogP contribution in [0.4, 0.5) is 5.69 Å². The minimum Gasteiger partial charge on any atom is -0.494 e. The van der Waals surface area contributed by atoms with E-state index in [1.54, 1.807) is 0 Å². The third-order valence-electron chi connectivity index (χ3n) is 5.13. The van der Waals surface area contributed by atoms with Crippen LogP contribution in [0.5, 0.6) is 5.75 Å². The minimum absolute atomic E-state index is 0.0659. The number of benzene rings is 1. The van der Waals surface area contributed by atoms with Crippen molar-refractivity contribution >= 4 is 17.5 Å². The van der Waals surface area contributed by atoms with Crippen molar-refractivity contribution in [3.8, 4) is 5.75 Å². The average Bonchev–Trinajstić information content (AvgIpc) is 2.61. The summed E-state index contributed by atoms with van der Waals surface area (Å²) in [6, 6.07) is 6.31. The topological polar surface area (TPSA) is 70.7 Å². The molecule has 0 spiro atoms. The van der Waals surface area contributed by atoms with Crippen LogP contribution in [0.2, 0.25) is 0 Å². The molecule has 0 bridgehead atoms. The first-order valence-electron chi connectivity index (χ1n) is 9.13. The fourth-order valence-electron chi connectivity index (χ4n) is 3.42. The number of fused-ring (bicyclic) bond motifs is 1. The van der Waals surface area contributed by atoms with Crippen LogP contribution < -0.4 is 15.4 Å². The Morgan fingerprint density at radius 2 is 2.16 bits per heavy atom. The number of carbonyl (C=O) groups is 2. The lowest BCUT2D eigenvalue weighted by Crippen LogP contribution is -2.57. The van der Waals surface area contributed by atoms with Crippen molar-refractivity contribution in [1.29, 1.82) is 0 Å². The highest BCUT2D eigenvalue weighted by molar-refractivity contribution is 5.94. The lowest BCUT2D eigenvalue weighted by atomic mass is 10.0. The van der Waals surface area contributed by atoms with Gasteiger partial charge in [-0.15, -0.1) is 0 Å². The van der Waals surface area contributed by atoms with Gasteiger partial charge in [0.05, 0.1) is 6.61 Å². The molecule has 1 aromatic rings. The number of amides is 2. The van der Waals surface area contributed by atoms with E-state index in [0.29, 0.717) is 31.9 Å². The average molecular weight is 345 g/mol. The Hall–Kier alpha value is -2.08. The molecule has 0 radical (unpaired) electrons. The maximum atomic E-state index is 12.4. The van der Waals surface area contributed by atoms with Gasteiger partial charge in [0.15, 0.2) is 0 Å². The summed E-state index contributed by atoms with van der Waals surface area (Å²) in [7, 11) is 0. The third kappa shape index (κ3) is 4.31. The standard InChI is InChI=1S/C19H27N3O3/c1-13-14(2)22(10-9-20-13)19(24)4-3-11-25-16-6-7-17-15(12-16)5-8-18(23)21-17/h6-7,12-14,20H,3-5,8-11H2,1-2H3,(H,21,23). The van der Waals surface area contributed by atoms with Crippen LogP contribution >= 0.6 is 0 Å². The van der Waals surface area contributed by atoms with Gasteiger partial charge in [0, 0.05) is 43.7 Å². The van der Waals surface area contributed by atoms with Gasteiger partial charge in [-0.2, -0.15) is 0 Å². The predicted molar refractivity (Wildman–Crippen MR) is 96.8 cm³/mol. The summed E-state index contributed by atoms with van der Waals surface area (Å²) in [5, 5.41) is 6.25. The van der Waals surface area contributed by atoms with E-state index < -0.39 is 0 Å². The zero-order valence-electron chi connectivity index (χ0n) is 15.0. The van der Waals surface area contributed by atoms with Crippen LogP contribution in [0.25, 0.3) is 0 Å². The number of nitrogens with zero attached hydrogens (tertiary/aromatic N) is 1. The van der Waals surface area contributed by atoms with E-state index in [9.17, 15) is 9.59 Å². The van der Waals surface area contributed by atoms with Gasteiger partial charge in [0.1, 0.15) is 5.75 Å². The van der Waals surface area contributed by atoms with E-state index in [1.165, 1.54) is 0 Å². The van der Waals surface area contributed by atoms with Gasteiger partial charge in [-0.25, -0.2) is 0 Å². The Labute approximate surface area is 148 Å². The summed E-state index contributed by atoms with van der Waals surface area (Å²) in [5.41, 5.74) is 1.98. The van der Waals surface area contributed by atoms with E-state index in [2.05, 4.69) is 24.5 Å². The Kier molecular flexibility index (Phi) is 5.58. The molecule has 2 atom stereocenters. The van der Waals surface area contributed by atoms with E-state index in [0.717, 1.165) is 36.5 Å². The van der Waals surface area contributed by atoms with Gasteiger partial charge in [0.2, 0.25) is 11.8 Å². The van der Waals surface area contributed by atoms with Gasteiger partial charge in [0.25, 0.3) is 0 Å². The SMILES string of the molecule is CC1NCCN(C(=O)CCCOc2ccc3c(c2)CCC(=O)N3)C1C. The summed E-state index contributed by atoms with van der Waals surface area (Å²) < 4.78 is 5.79. The molecule has 2 aliphatic rings. The highest BCUT2D eigenvalue weighted by Crippen LogP contribution is 2.26. The zero-order valence-corrected chi connectivity index (χ0v) is 15.0. The Balaban J connectivity index is 1.44. The molecule has 6 heteroatoms. The molecule has 3 rings (SSSR count). The van der Waals surface area contributed by atoms with Crippen molar-refractivity contribution in [3.05, 3.63) is 23.8 Å². The Bertz CT molecular complexity index is 647. The summed E-state index contributed by atoms with van der Waals surface area (Å²) in [6.45, 7) is 6.37. The number of ether oxygens (including phenoxy) is 1. The maximum Gasteiger partial charge on any atom is 0.224 e. The molecule has 136 valence electrons. The first-order valence-corrected chi connectivity index (χ1v) is 9.13. The summed E-state index contributed by atoms with van der Waals surface area (Å²) in [4.78, 5) is 25.7. The quantitative estimate of drug-likeness (QED) is 0.800. The van der Waals surface area contributed by atoms with E-state index in [1.807, 2.05) is 23.1 Å². The fourth-order valence-corrected chi connectivity index (χ4v) is 3.42. The summed E-state index contributed by atoms with van der Waals surface area (Å²) in [5.74, 6) is 1.07. The molecular weight excluding hydrogens is 318 g/mol. The first kappa shape index (κ1) is 17.7. The Morgan fingerprint density at radius 3 is 3.00 bits per heavy atom. The molecule has 0 saturated carbocycles. The van der Waals surface area contributed by atoms with Crippen LogP contribution in [0, 0.1) is 0 Å². The van der Waals surface area contributed by atoms with E-state index >= 15 is 0 Å². The van der Waals surface area contributed by atoms with Crippen molar-refractivity contribution in [2.24, 2.45) is 0 Å². The second kappa shape index (κ2) is 7.87. The molecule has 2 heterocycles. The normalized spacial score (nSPS) is 23.0. The lowest BCUT2D eigenvalue weighted by Gasteiger charge is -2.38. The van der Waals surface area contributed by atoms with Gasteiger partial charge < -0.3 is 20.3 Å². The summed E-state index contributed by atoms with van der Waals surface area (Å²) in [6.07, 6.45) is 2.48. The monoisotopic (exact) mass is 345 g/mol. The summed E-state index contributed by atoms with van der Waals surface area (Å²) >= 11 is 0. The number of nitrogens with one attached hydrogen (secondary N) is 2. The number of aryl methyl sites for hydroxylation is 1. The van der Waals surface area contributed by atoms with Crippen molar-refractivity contribution in [2.75, 3.05) is 25.0 Å². The number of hydrogen-bond acceptors (Lipinski definition) is 4. The highest BCUT2D eigenvalue weighted by Gasteiger charge is 2.27. The number of hydrogen-bond donors (Lipinski definition) is 2. The van der Waals surface area contributed by atoms with E-state index in [4.69, 9.17) is 4.74 Å². The second-order valence-corrected chi connectivity index (χ2v) is 6.89. The molecule has 6 nitrogen and oxygen atoms in total. The highest BCUT2D eigenvalue weighted by atomic mass is 16.5. The van der Waals surface area contributed by atoms with Gasteiger partial charge in [-0.3, -0.25) is 9.59 Å². The number of carbonyl (C=O) groups excluding carboxylic acids is 2. The van der Waals surface area contributed by atoms with Gasteiger partial charge >= 0.3 is 0 Å². The molecule has 0 aromatic heterocycles. The molecule has 1 saturated heterocycles. The van der Waals surface area contributed by atoms with Crippen LogP contribution in [0.15, 0.2) is 18.2 Å². The van der Waals surface area contributed by atoms with Crippen LogP contribution in [-0.2, 0) is 16.0 Å². The minimum atomic E-state index is 0.0659. The second-order valence-electron chi connectivity index (χ2n) is 6.89. The van der Waals surface area contributed by atoms with Crippen molar-refractivity contribution in [2.45, 2.75) is 51.6 Å². The largest absolute Gasteiger partial charge is 0.494 e. The van der Waals surface area contributed by atoms with E-state index in [-0.39, 0.29) is 17.9 Å². The molecule has 25 heavy (non-hydrogen) atoms. The van der Waals surface area contributed by atoms with Crippen LogP contribution in [-0.4, -0.2) is 48.5 Å². The molecule has 1 fully saturated rings. The molecular formula is C19H27N3O3. The Morgan fingerprint density at radius 1 is 1.32 bits per heavy atom. The number of piperazine rings is 1. The van der Waals surface area contributed by atoms with Crippen molar-refractivity contribution in [3.63, 3.8) is 0 Å². The first-order chi connectivity index (χ1) is 12.0. The molecule has 2 amide bonds. The van der Waals surface area contributed by atoms with Crippen LogP contribution in [0.3, 0.4) is 0 Å². The maximum absolute atomic E-state index is 12.4. The molecule has 2 unspecified atom stereocenters. The predicted octanol–water partition coefficient (Wildman–Crippen LogP) is 1.94. The number of anilines is 1. The molecule has 2 N–H and O–H groups in total. The van der Waals surface area contributed by atoms with Gasteiger partial charge in [-0.05, 0) is 50.5 Å². The van der Waals surface area contributed by atoms with Gasteiger partial charge in [-0.1, -0.05) is 0 Å². The molecule has 0 aliphatic carbocycles. The molecule has 1 aromatic carbocycles. The zero-order chi connectivity index (χ0) is 17.8. The van der Waals surface area contributed by atoms with Crippen LogP contribution in [0.1, 0.15) is 38.7 Å². The molecule has 2 aliphatic heterocycles. The van der Waals surface area contributed by atoms with Crippen molar-refractivity contribution < 1.29 is 14.3 Å². The number of rotatable bonds is 5. The third-order valence-corrected chi connectivity index (χ3v) is 5.13. The fraction of sp³-hybridized carbons (Fsp3) is 0.579. The smallest absolute Gasteiger partial charge is 0.224 e. The lowest BCUT2D eigenvalue weighted by molar-refractivity contribution is -0.135.